The van der Waals surface area contributed by atoms with Gasteiger partial charge in [0.15, 0.2) is 0 Å². The van der Waals surface area contributed by atoms with E-state index in [0.29, 0.717) is 18.8 Å². The molecule has 30 heavy (non-hydrogen) atoms. The van der Waals surface area contributed by atoms with Gasteiger partial charge in [-0.15, -0.1) is 0 Å². The molecule has 166 valence electrons. The molecule has 1 unspecified atom stereocenters. The SMILES string of the molecule is O=C(CN1CC[C@@H]([NH+]([O-])Nc2ccc(O)cc2)C1)N1CCN(C2CCCCC2)CC1. The minimum atomic E-state index is -0.102. The molecular weight excluding hydrogens is 382 g/mol. The standard InChI is InChI=1S/C22H35N5O3/c28-21-8-6-18(7-9-21)23-27(30)20-10-11-24(16-20)17-22(29)26-14-12-25(13-15-26)19-4-2-1-3-5-19/h6-9,19-20,23,27-28H,1-5,10-17H2/t20-/m1/s1. The third-order valence-electron chi connectivity index (χ3n) is 6.89. The summed E-state index contributed by atoms with van der Waals surface area (Å²) in [5, 5.41) is 21.9. The van der Waals surface area contributed by atoms with Crippen LogP contribution in [0.25, 0.3) is 0 Å². The molecule has 2 atom stereocenters. The summed E-state index contributed by atoms with van der Waals surface area (Å²) in [6.45, 7) is 5.45. The predicted molar refractivity (Wildman–Crippen MR) is 116 cm³/mol. The number of hydrogen-bond acceptors (Lipinski definition) is 6. The Balaban J connectivity index is 1.19. The summed E-state index contributed by atoms with van der Waals surface area (Å²) < 4.78 is 0. The van der Waals surface area contributed by atoms with Crippen molar-refractivity contribution in [2.24, 2.45) is 0 Å². The number of aromatic hydroxyl groups is 1. The van der Waals surface area contributed by atoms with Crippen LogP contribution in [0.5, 0.6) is 5.75 Å². The number of piperazine rings is 1. The number of anilines is 1. The lowest BCUT2D eigenvalue weighted by Gasteiger charge is -2.41. The largest absolute Gasteiger partial charge is 0.608 e. The minimum absolute atomic E-state index is 0.0169. The summed E-state index contributed by atoms with van der Waals surface area (Å²) in [6, 6.07) is 7.12. The maximum Gasteiger partial charge on any atom is 0.236 e. The van der Waals surface area contributed by atoms with E-state index in [0.717, 1.165) is 45.2 Å². The number of carbonyl (C=O) groups is 1. The first kappa shape index (κ1) is 21.4. The van der Waals surface area contributed by atoms with Gasteiger partial charge in [-0.3, -0.25) is 19.8 Å². The number of phenols is 1. The molecular formula is C22H35N5O3. The Kier molecular flexibility index (Phi) is 7.09. The molecule has 1 saturated carbocycles. The summed E-state index contributed by atoms with van der Waals surface area (Å²) in [7, 11) is 0. The molecule has 2 saturated heterocycles. The molecule has 8 heteroatoms. The van der Waals surface area contributed by atoms with Crippen molar-refractivity contribution < 1.29 is 15.1 Å². The number of hydrogen-bond donors (Lipinski definition) is 3. The van der Waals surface area contributed by atoms with E-state index in [-0.39, 0.29) is 22.9 Å². The van der Waals surface area contributed by atoms with E-state index in [2.05, 4.69) is 15.2 Å². The number of hydroxylamine groups is 1. The average molecular weight is 418 g/mol. The molecule has 2 aliphatic heterocycles. The molecule has 2 heterocycles. The Hall–Kier alpha value is -1.87. The maximum absolute atomic E-state index is 12.8. The Morgan fingerprint density at radius 1 is 1.03 bits per heavy atom. The number of benzene rings is 1. The lowest BCUT2D eigenvalue weighted by molar-refractivity contribution is -0.850. The van der Waals surface area contributed by atoms with Gasteiger partial charge in [0.1, 0.15) is 11.8 Å². The molecule has 3 fully saturated rings. The number of phenolic OH excluding ortho intramolecular Hbond substituents is 1. The third-order valence-corrected chi connectivity index (χ3v) is 6.89. The first-order valence-corrected chi connectivity index (χ1v) is 11.4. The molecule has 1 aliphatic carbocycles. The molecule has 0 bridgehead atoms. The van der Waals surface area contributed by atoms with Gasteiger partial charge in [0.2, 0.25) is 5.91 Å². The Labute approximate surface area is 179 Å². The summed E-state index contributed by atoms with van der Waals surface area (Å²) in [4.78, 5) is 19.5. The van der Waals surface area contributed by atoms with E-state index in [1.807, 2.05) is 4.90 Å². The zero-order valence-electron chi connectivity index (χ0n) is 17.8. The van der Waals surface area contributed by atoms with E-state index >= 15 is 0 Å². The van der Waals surface area contributed by atoms with Crippen LogP contribution >= 0.6 is 0 Å². The monoisotopic (exact) mass is 417 g/mol. The summed E-state index contributed by atoms with van der Waals surface area (Å²) in [6.07, 6.45) is 7.47. The number of likely N-dealkylation sites (tertiary alicyclic amines) is 1. The first-order chi connectivity index (χ1) is 14.6. The van der Waals surface area contributed by atoms with Gasteiger partial charge >= 0.3 is 0 Å². The zero-order chi connectivity index (χ0) is 20.9. The van der Waals surface area contributed by atoms with Crippen LogP contribution in [0.3, 0.4) is 0 Å². The van der Waals surface area contributed by atoms with Crippen LogP contribution in [-0.2, 0) is 4.79 Å². The molecule has 4 rings (SSSR count). The molecule has 1 aromatic carbocycles. The van der Waals surface area contributed by atoms with Crippen LogP contribution < -0.4 is 10.6 Å². The van der Waals surface area contributed by atoms with Crippen LogP contribution in [0.2, 0.25) is 0 Å². The normalized spacial score (nSPS) is 25.4. The van der Waals surface area contributed by atoms with Gasteiger partial charge in [0.05, 0.1) is 18.8 Å². The third kappa shape index (κ3) is 5.43. The minimum Gasteiger partial charge on any atom is -0.608 e. The summed E-state index contributed by atoms with van der Waals surface area (Å²) in [5.41, 5.74) is 3.59. The Morgan fingerprint density at radius 2 is 1.73 bits per heavy atom. The van der Waals surface area contributed by atoms with Gasteiger partial charge in [-0.1, -0.05) is 19.3 Å². The van der Waals surface area contributed by atoms with Gasteiger partial charge in [0, 0.05) is 45.2 Å². The number of nitrogens with zero attached hydrogens (tertiary/aromatic N) is 3. The van der Waals surface area contributed by atoms with Crippen molar-refractivity contribution in [3.63, 3.8) is 0 Å². The van der Waals surface area contributed by atoms with E-state index in [9.17, 15) is 15.1 Å². The van der Waals surface area contributed by atoms with E-state index in [1.54, 1.807) is 24.3 Å². The molecule has 1 amide bonds. The molecule has 8 nitrogen and oxygen atoms in total. The molecule has 0 aromatic heterocycles. The topological polar surface area (TPSA) is 86.5 Å². The second-order valence-electron chi connectivity index (χ2n) is 8.97. The second-order valence-corrected chi connectivity index (χ2v) is 8.97. The Morgan fingerprint density at radius 3 is 2.43 bits per heavy atom. The second kappa shape index (κ2) is 9.96. The number of carbonyl (C=O) groups excluding carboxylic acids is 1. The highest BCUT2D eigenvalue weighted by Crippen LogP contribution is 2.23. The fourth-order valence-corrected chi connectivity index (χ4v) is 5.05. The number of rotatable bonds is 6. The van der Waals surface area contributed by atoms with Crippen LogP contribution in [0.1, 0.15) is 38.5 Å². The maximum atomic E-state index is 12.8. The fraction of sp³-hybridized carbons (Fsp3) is 0.682. The van der Waals surface area contributed by atoms with Gasteiger partial charge < -0.3 is 15.2 Å². The van der Waals surface area contributed by atoms with Crippen molar-refractivity contribution in [2.45, 2.75) is 50.6 Å². The molecule has 3 aliphatic rings. The van der Waals surface area contributed by atoms with E-state index in [4.69, 9.17) is 0 Å². The number of quaternary nitrogens is 1. The zero-order valence-corrected chi connectivity index (χ0v) is 17.8. The van der Waals surface area contributed by atoms with E-state index in [1.165, 1.54) is 32.1 Å². The lowest BCUT2D eigenvalue weighted by atomic mass is 9.94. The molecule has 0 spiro atoms. The molecule has 0 radical (unpaired) electrons. The average Bonchev–Trinajstić information content (AvgIpc) is 3.25. The van der Waals surface area contributed by atoms with Gasteiger partial charge in [-0.25, -0.2) is 5.43 Å². The van der Waals surface area contributed by atoms with Gasteiger partial charge in [0.25, 0.3) is 0 Å². The first-order valence-electron chi connectivity index (χ1n) is 11.4. The molecule has 3 N–H and O–H groups in total. The lowest BCUT2D eigenvalue weighted by Crippen LogP contribution is -3.14. The van der Waals surface area contributed by atoms with Gasteiger partial charge in [-0.05, 0) is 37.1 Å². The van der Waals surface area contributed by atoms with Crippen molar-refractivity contribution in [3.05, 3.63) is 29.5 Å². The number of amides is 1. The highest BCUT2D eigenvalue weighted by molar-refractivity contribution is 5.78. The van der Waals surface area contributed by atoms with Crippen LogP contribution in [-0.4, -0.2) is 83.6 Å². The highest BCUT2D eigenvalue weighted by atomic mass is 16.5. The predicted octanol–water partition coefficient (Wildman–Crippen LogP) is 0.653. The number of nitrogens with one attached hydrogen (secondary N) is 2. The van der Waals surface area contributed by atoms with Crippen molar-refractivity contribution >= 4 is 11.6 Å². The van der Waals surface area contributed by atoms with Crippen molar-refractivity contribution in [1.29, 1.82) is 0 Å². The van der Waals surface area contributed by atoms with Crippen LogP contribution in [0.15, 0.2) is 24.3 Å². The molecule has 1 aromatic rings. The summed E-state index contributed by atoms with van der Waals surface area (Å²) in [5.74, 6) is 0.371. The van der Waals surface area contributed by atoms with E-state index < -0.39 is 0 Å². The quantitative estimate of drug-likeness (QED) is 0.466. The highest BCUT2D eigenvalue weighted by Gasteiger charge is 2.32. The van der Waals surface area contributed by atoms with Crippen molar-refractivity contribution in [1.82, 2.24) is 14.7 Å². The fourth-order valence-electron chi connectivity index (χ4n) is 5.05. The smallest absolute Gasteiger partial charge is 0.236 e. The van der Waals surface area contributed by atoms with Crippen molar-refractivity contribution in [2.75, 3.05) is 51.2 Å². The van der Waals surface area contributed by atoms with Crippen LogP contribution in [0.4, 0.5) is 5.69 Å². The van der Waals surface area contributed by atoms with Crippen LogP contribution in [0, 0.1) is 5.21 Å². The van der Waals surface area contributed by atoms with Crippen molar-refractivity contribution in [3.8, 4) is 5.75 Å². The Bertz CT molecular complexity index is 687. The summed E-state index contributed by atoms with van der Waals surface area (Å²) >= 11 is 0. The van der Waals surface area contributed by atoms with Gasteiger partial charge in [-0.2, -0.15) is 0 Å².